The Labute approximate surface area is 242 Å². The number of fused-ring (bicyclic) bond motifs is 1. The Morgan fingerprint density at radius 3 is 2.17 bits per heavy atom. The number of nitrogens with one attached hydrogen (secondary N) is 4. The summed E-state index contributed by atoms with van der Waals surface area (Å²) in [5.74, 6) is -3.96. The van der Waals surface area contributed by atoms with E-state index in [9.17, 15) is 29.1 Å². The largest absolute Gasteiger partial charge is 0.481 e. The second-order valence-corrected chi connectivity index (χ2v) is 10.7. The van der Waals surface area contributed by atoms with Gasteiger partial charge in [-0.05, 0) is 68.7 Å². The highest BCUT2D eigenvalue weighted by molar-refractivity contribution is 7.98. The number of hydrogen-bond acceptors (Lipinski definition) is 8. The number of carboxylic acid groups (broad SMARTS) is 2. The van der Waals surface area contributed by atoms with Crippen molar-refractivity contribution < 1.29 is 34.2 Å². The number of aliphatic carboxylic acids is 2. The zero-order valence-electron chi connectivity index (χ0n) is 23.1. The van der Waals surface area contributed by atoms with Crippen molar-refractivity contribution in [2.45, 2.75) is 69.1 Å². The number of aromatic amines is 1. The molecule has 14 heteroatoms. The van der Waals surface area contributed by atoms with Crippen molar-refractivity contribution in [2.75, 3.05) is 18.6 Å². The van der Waals surface area contributed by atoms with Crippen molar-refractivity contribution in [3.8, 4) is 0 Å². The van der Waals surface area contributed by atoms with E-state index in [1.807, 2.05) is 30.5 Å². The fourth-order valence-corrected chi connectivity index (χ4v) is 4.72. The predicted molar refractivity (Wildman–Crippen MR) is 156 cm³/mol. The first-order valence-electron chi connectivity index (χ1n) is 13.4. The maximum Gasteiger partial charge on any atom is 0.326 e. The van der Waals surface area contributed by atoms with E-state index in [4.69, 9.17) is 16.6 Å². The highest BCUT2D eigenvalue weighted by Gasteiger charge is 2.30. The van der Waals surface area contributed by atoms with Crippen LogP contribution in [0.2, 0.25) is 0 Å². The molecule has 0 radical (unpaired) electrons. The maximum absolute atomic E-state index is 13.3. The van der Waals surface area contributed by atoms with Gasteiger partial charge in [0, 0.05) is 23.5 Å². The highest BCUT2D eigenvalue weighted by Crippen LogP contribution is 2.19. The third kappa shape index (κ3) is 11.1. The predicted octanol–water partition coefficient (Wildman–Crippen LogP) is 0.324. The Hall–Kier alpha value is -3.62. The minimum absolute atomic E-state index is 0.170. The van der Waals surface area contributed by atoms with Gasteiger partial charge < -0.3 is 42.6 Å². The van der Waals surface area contributed by atoms with E-state index in [-0.39, 0.29) is 25.7 Å². The maximum atomic E-state index is 13.3. The van der Waals surface area contributed by atoms with Crippen molar-refractivity contribution in [2.24, 2.45) is 11.5 Å². The normalized spacial score (nSPS) is 14.0. The van der Waals surface area contributed by atoms with Gasteiger partial charge in [-0.2, -0.15) is 11.8 Å². The molecule has 2 rings (SSSR count). The second-order valence-electron chi connectivity index (χ2n) is 9.69. The number of unbranched alkanes of at least 4 members (excludes halogenated alkanes) is 1. The number of benzene rings is 1. The van der Waals surface area contributed by atoms with Gasteiger partial charge in [0.05, 0.1) is 6.04 Å². The summed E-state index contributed by atoms with van der Waals surface area (Å²) in [6, 6.07) is 3.13. The molecule has 2 aromatic rings. The molecule has 0 aliphatic rings. The lowest BCUT2D eigenvalue weighted by atomic mass is 10.0. The van der Waals surface area contributed by atoms with Crippen LogP contribution >= 0.6 is 11.8 Å². The Morgan fingerprint density at radius 2 is 1.54 bits per heavy atom. The molecule has 41 heavy (non-hydrogen) atoms. The van der Waals surface area contributed by atoms with Gasteiger partial charge in [0.1, 0.15) is 18.1 Å². The van der Waals surface area contributed by atoms with Crippen LogP contribution in [0.4, 0.5) is 0 Å². The van der Waals surface area contributed by atoms with Crippen LogP contribution in [0.25, 0.3) is 10.9 Å². The van der Waals surface area contributed by atoms with Crippen LogP contribution in [0.15, 0.2) is 30.5 Å². The first-order chi connectivity index (χ1) is 19.6. The van der Waals surface area contributed by atoms with E-state index in [1.165, 1.54) is 11.8 Å². The van der Waals surface area contributed by atoms with Gasteiger partial charge in [-0.25, -0.2) is 4.79 Å². The number of thioether (sulfide) groups is 1. The van der Waals surface area contributed by atoms with E-state index >= 15 is 0 Å². The summed E-state index contributed by atoms with van der Waals surface area (Å²) in [5.41, 5.74) is 13.5. The van der Waals surface area contributed by atoms with Crippen LogP contribution in [0.3, 0.4) is 0 Å². The summed E-state index contributed by atoms with van der Waals surface area (Å²) >= 11 is 1.48. The number of rotatable bonds is 19. The van der Waals surface area contributed by atoms with Crippen molar-refractivity contribution in [1.82, 2.24) is 20.9 Å². The molecular weight excluding hydrogens is 552 g/mol. The lowest BCUT2D eigenvalue weighted by molar-refractivity contribution is -0.143. The Morgan fingerprint density at radius 1 is 0.902 bits per heavy atom. The number of nitrogens with two attached hydrogens (primary N) is 2. The summed E-state index contributed by atoms with van der Waals surface area (Å²) in [6.45, 7) is 0.360. The lowest BCUT2D eigenvalue weighted by Crippen LogP contribution is -2.57. The smallest absolute Gasteiger partial charge is 0.326 e. The standard InChI is InChI=1S/C27H40N6O7S/c1-41-13-11-21(31-24(36)18(29)14-16-15-30-19-7-3-2-6-17(16)19)26(38)32-20(8-4-5-12-28)25(37)33-22(27(39)40)9-10-23(34)35/h2-3,6-7,15,18,20-22,30H,4-5,8-14,28-29H2,1H3,(H,31,36)(H,32,38)(H,33,37)(H,34,35)(H,39,40). The molecule has 4 atom stereocenters. The Balaban J connectivity index is 2.11. The highest BCUT2D eigenvalue weighted by atomic mass is 32.2. The molecule has 0 bridgehead atoms. The number of amides is 3. The SMILES string of the molecule is CSCCC(NC(=O)C(N)Cc1c[nH]c2ccccc12)C(=O)NC(CCCCN)C(=O)NC(CCC(=O)O)C(=O)O. The van der Waals surface area contributed by atoms with Crippen molar-refractivity contribution in [1.29, 1.82) is 0 Å². The molecule has 226 valence electrons. The minimum Gasteiger partial charge on any atom is -0.481 e. The summed E-state index contributed by atoms with van der Waals surface area (Å²) in [4.78, 5) is 64.9. The topological polar surface area (TPSA) is 230 Å². The van der Waals surface area contributed by atoms with Gasteiger partial charge in [-0.3, -0.25) is 19.2 Å². The third-order valence-corrected chi connectivity index (χ3v) is 7.18. The molecule has 1 aromatic heterocycles. The van der Waals surface area contributed by atoms with Gasteiger partial charge in [0.25, 0.3) is 0 Å². The summed E-state index contributed by atoms with van der Waals surface area (Å²) in [5, 5.41) is 26.9. The van der Waals surface area contributed by atoms with E-state index in [2.05, 4.69) is 20.9 Å². The van der Waals surface area contributed by atoms with Crippen molar-refractivity contribution in [3.63, 3.8) is 0 Å². The summed E-state index contributed by atoms with van der Waals surface area (Å²) in [6.07, 6.45) is 4.59. The van der Waals surface area contributed by atoms with E-state index in [0.717, 1.165) is 16.5 Å². The first kappa shape index (κ1) is 33.6. The molecule has 10 N–H and O–H groups in total. The van der Waals surface area contributed by atoms with Crippen molar-refractivity contribution in [3.05, 3.63) is 36.0 Å². The molecule has 0 aliphatic heterocycles. The zero-order valence-corrected chi connectivity index (χ0v) is 23.9. The number of hydrogen-bond donors (Lipinski definition) is 8. The molecule has 3 amide bonds. The third-order valence-electron chi connectivity index (χ3n) is 6.54. The Kier molecular flexibility index (Phi) is 14.1. The van der Waals surface area contributed by atoms with Gasteiger partial charge in [-0.1, -0.05) is 18.2 Å². The van der Waals surface area contributed by atoms with Crippen molar-refractivity contribution >= 4 is 52.3 Å². The molecule has 13 nitrogen and oxygen atoms in total. The van der Waals surface area contributed by atoms with E-state index in [1.54, 1.807) is 6.20 Å². The van der Waals surface area contributed by atoms with E-state index < -0.39 is 60.2 Å². The van der Waals surface area contributed by atoms with Gasteiger partial charge >= 0.3 is 11.9 Å². The minimum atomic E-state index is -1.44. The zero-order chi connectivity index (χ0) is 30.4. The fraction of sp³-hybridized carbons (Fsp3) is 0.519. The molecule has 0 saturated heterocycles. The molecule has 1 aromatic carbocycles. The van der Waals surface area contributed by atoms with Crippen LogP contribution in [-0.2, 0) is 30.4 Å². The quantitative estimate of drug-likeness (QED) is 0.104. The molecule has 4 unspecified atom stereocenters. The molecule has 0 fully saturated rings. The summed E-state index contributed by atoms with van der Waals surface area (Å²) < 4.78 is 0. The average Bonchev–Trinajstić information content (AvgIpc) is 3.34. The molecule has 0 aliphatic carbocycles. The second kappa shape index (κ2) is 17.3. The lowest BCUT2D eigenvalue weighted by Gasteiger charge is -2.25. The van der Waals surface area contributed by atoms with Crippen LogP contribution < -0.4 is 27.4 Å². The average molecular weight is 593 g/mol. The van der Waals surface area contributed by atoms with E-state index in [0.29, 0.717) is 25.1 Å². The number of para-hydroxylation sites is 1. The number of carboxylic acids is 2. The number of carbonyl (C=O) groups is 5. The molecule has 1 heterocycles. The molecule has 0 saturated carbocycles. The number of aromatic nitrogens is 1. The Bertz CT molecular complexity index is 1190. The van der Waals surface area contributed by atoms with Gasteiger partial charge in [-0.15, -0.1) is 0 Å². The van der Waals surface area contributed by atoms with Crippen LogP contribution in [-0.4, -0.2) is 87.6 Å². The molecular formula is C27H40N6O7S. The first-order valence-corrected chi connectivity index (χ1v) is 14.8. The number of carbonyl (C=O) groups excluding carboxylic acids is 3. The monoisotopic (exact) mass is 592 g/mol. The van der Waals surface area contributed by atoms with Gasteiger partial charge in [0.15, 0.2) is 0 Å². The number of H-pyrrole nitrogens is 1. The van der Waals surface area contributed by atoms with Gasteiger partial charge in [0.2, 0.25) is 17.7 Å². The van der Waals surface area contributed by atoms with Crippen LogP contribution in [0.1, 0.15) is 44.1 Å². The molecule has 0 spiro atoms. The summed E-state index contributed by atoms with van der Waals surface area (Å²) in [7, 11) is 0. The van der Waals surface area contributed by atoms with Crippen LogP contribution in [0, 0.1) is 0 Å². The van der Waals surface area contributed by atoms with Crippen LogP contribution in [0.5, 0.6) is 0 Å². The fourth-order valence-electron chi connectivity index (χ4n) is 4.24.